The maximum atomic E-state index is 13.3. The Morgan fingerprint density at radius 1 is 1.03 bits per heavy atom. The van der Waals surface area contributed by atoms with Gasteiger partial charge in [-0.15, -0.1) is 0 Å². The van der Waals surface area contributed by atoms with Gasteiger partial charge in [-0.25, -0.2) is 4.39 Å². The van der Waals surface area contributed by atoms with Crippen LogP contribution < -0.4 is 10.6 Å². The Hall–Kier alpha value is -3.00. The number of fused-ring (bicyclic) bond motifs is 1. The summed E-state index contributed by atoms with van der Waals surface area (Å²) in [7, 11) is 0. The van der Waals surface area contributed by atoms with Crippen molar-refractivity contribution < 1.29 is 18.7 Å². The monoisotopic (exact) mass is 455 g/mol. The number of carbonyl (C=O) groups is 2. The number of halogens is 2. The van der Waals surface area contributed by atoms with Gasteiger partial charge in [0.2, 0.25) is 0 Å². The van der Waals surface area contributed by atoms with Crippen LogP contribution in [0.4, 0.5) is 10.1 Å². The second-order valence-corrected chi connectivity index (χ2v) is 7.93. The number of benzene rings is 3. The summed E-state index contributed by atoms with van der Waals surface area (Å²) in [5, 5.41) is 7.28. The van der Waals surface area contributed by atoms with Crippen LogP contribution >= 0.6 is 11.6 Å². The molecular formula is C24H23ClFN3O3. The molecule has 0 aromatic heterocycles. The number of nitrogens with one attached hydrogen (secondary N) is 2. The van der Waals surface area contributed by atoms with E-state index in [0.717, 1.165) is 35.5 Å². The molecule has 1 aliphatic heterocycles. The number of nitrogens with zero attached hydrogens (tertiary/aromatic N) is 1. The van der Waals surface area contributed by atoms with Gasteiger partial charge in [0.25, 0.3) is 0 Å². The smallest absolute Gasteiger partial charge is 0.313 e. The molecule has 3 aromatic carbocycles. The van der Waals surface area contributed by atoms with Crippen molar-refractivity contribution >= 4 is 39.9 Å². The number of anilines is 1. The second-order valence-electron chi connectivity index (χ2n) is 7.53. The zero-order chi connectivity index (χ0) is 22.5. The molecule has 166 valence electrons. The highest BCUT2D eigenvalue weighted by Gasteiger charge is 2.26. The van der Waals surface area contributed by atoms with E-state index in [1.54, 1.807) is 0 Å². The third-order valence-corrected chi connectivity index (χ3v) is 5.80. The number of morpholine rings is 1. The van der Waals surface area contributed by atoms with E-state index in [4.69, 9.17) is 16.3 Å². The molecule has 1 saturated heterocycles. The molecular weight excluding hydrogens is 433 g/mol. The van der Waals surface area contributed by atoms with E-state index < -0.39 is 17.6 Å². The fraction of sp³-hybridized carbons (Fsp3) is 0.250. The van der Waals surface area contributed by atoms with Gasteiger partial charge in [0, 0.05) is 25.3 Å². The minimum atomic E-state index is -0.841. The Labute approximate surface area is 190 Å². The fourth-order valence-corrected chi connectivity index (χ4v) is 4.08. The highest BCUT2D eigenvalue weighted by molar-refractivity contribution is 6.39. The zero-order valence-corrected chi connectivity index (χ0v) is 18.1. The first-order chi connectivity index (χ1) is 15.5. The first-order valence-electron chi connectivity index (χ1n) is 10.4. The molecule has 4 rings (SSSR count). The highest BCUT2D eigenvalue weighted by Crippen LogP contribution is 2.28. The van der Waals surface area contributed by atoms with Crippen LogP contribution in [0, 0.1) is 5.82 Å². The van der Waals surface area contributed by atoms with E-state index in [9.17, 15) is 14.0 Å². The second kappa shape index (κ2) is 10.1. The molecule has 0 bridgehead atoms. The molecule has 6 nitrogen and oxygen atoms in total. The van der Waals surface area contributed by atoms with Gasteiger partial charge in [0.15, 0.2) is 0 Å². The molecule has 8 heteroatoms. The van der Waals surface area contributed by atoms with Crippen LogP contribution in [0.5, 0.6) is 0 Å². The number of carbonyl (C=O) groups excluding carboxylic acids is 2. The van der Waals surface area contributed by atoms with Crippen LogP contribution in [0.2, 0.25) is 5.02 Å². The summed E-state index contributed by atoms with van der Waals surface area (Å²) >= 11 is 5.74. The summed E-state index contributed by atoms with van der Waals surface area (Å²) < 4.78 is 18.8. The lowest BCUT2D eigenvalue weighted by atomic mass is 9.97. The zero-order valence-electron chi connectivity index (χ0n) is 17.3. The molecule has 1 atom stereocenters. The largest absolute Gasteiger partial charge is 0.379 e. The van der Waals surface area contributed by atoms with Gasteiger partial charge in [-0.1, -0.05) is 54.1 Å². The van der Waals surface area contributed by atoms with Crippen LogP contribution in [-0.4, -0.2) is 49.6 Å². The number of rotatable bonds is 5. The van der Waals surface area contributed by atoms with Gasteiger partial charge in [0.05, 0.1) is 24.3 Å². The fourth-order valence-electron chi connectivity index (χ4n) is 3.90. The van der Waals surface area contributed by atoms with Crippen LogP contribution in [0.3, 0.4) is 0 Å². The highest BCUT2D eigenvalue weighted by atomic mass is 35.5. The minimum Gasteiger partial charge on any atom is -0.379 e. The molecule has 32 heavy (non-hydrogen) atoms. The first-order valence-corrected chi connectivity index (χ1v) is 10.7. The van der Waals surface area contributed by atoms with Crippen molar-refractivity contribution in [1.29, 1.82) is 0 Å². The normalized spacial score (nSPS) is 15.3. The van der Waals surface area contributed by atoms with Crippen LogP contribution in [-0.2, 0) is 14.3 Å². The molecule has 0 radical (unpaired) electrons. The maximum Gasteiger partial charge on any atom is 0.313 e. The predicted octanol–water partition coefficient (Wildman–Crippen LogP) is 3.76. The topological polar surface area (TPSA) is 70.7 Å². The Balaban J connectivity index is 1.50. The van der Waals surface area contributed by atoms with E-state index >= 15 is 0 Å². The van der Waals surface area contributed by atoms with E-state index in [2.05, 4.69) is 39.8 Å². The number of hydrogen-bond acceptors (Lipinski definition) is 4. The van der Waals surface area contributed by atoms with Crippen molar-refractivity contribution in [3.05, 3.63) is 77.1 Å². The van der Waals surface area contributed by atoms with Gasteiger partial charge < -0.3 is 15.4 Å². The Morgan fingerprint density at radius 3 is 2.56 bits per heavy atom. The predicted molar refractivity (Wildman–Crippen MR) is 122 cm³/mol. The maximum absolute atomic E-state index is 13.3. The third kappa shape index (κ3) is 5.07. The standard InChI is InChI=1S/C24H23ClFN3O3/c25-20-14-17(8-9-21(20)26)28-24(31)23(30)27-15-22(29-10-12-32-13-11-29)19-7-3-5-16-4-1-2-6-18(16)19/h1-9,14,22H,10-13,15H2,(H,27,30)(H,28,31). The summed E-state index contributed by atoms with van der Waals surface area (Å²) in [5.74, 6) is -2.21. The molecule has 2 N–H and O–H groups in total. The third-order valence-electron chi connectivity index (χ3n) is 5.51. The van der Waals surface area contributed by atoms with Crippen molar-refractivity contribution in [3.8, 4) is 0 Å². The Morgan fingerprint density at radius 2 is 1.78 bits per heavy atom. The number of ether oxygens (including phenoxy) is 1. The molecule has 0 saturated carbocycles. The van der Waals surface area contributed by atoms with Crippen LogP contribution in [0.15, 0.2) is 60.7 Å². The van der Waals surface area contributed by atoms with Gasteiger partial charge in [-0.2, -0.15) is 0 Å². The number of hydrogen-bond donors (Lipinski definition) is 2. The van der Waals surface area contributed by atoms with Gasteiger partial charge in [0.1, 0.15) is 5.82 Å². The quantitative estimate of drug-likeness (QED) is 0.575. The van der Waals surface area contributed by atoms with E-state index in [0.29, 0.717) is 13.2 Å². The van der Waals surface area contributed by atoms with E-state index in [1.807, 2.05) is 18.2 Å². The van der Waals surface area contributed by atoms with E-state index in [-0.39, 0.29) is 23.3 Å². The molecule has 3 aromatic rings. The summed E-state index contributed by atoms with van der Waals surface area (Å²) in [6.45, 7) is 2.93. The molecule has 0 spiro atoms. The van der Waals surface area contributed by atoms with Crippen LogP contribution in [0.25, 0.3) is 10.8 Å². The van der Waals surface area contributed by atoms with Gasteiger partial charge in [-0.05, 0) is 34.5 Å². The Bertz CT molecular complexity index is 1130. The molecule has 0 aliphatic carbocycles. The first kappa shape index (κ1) is 22.2. The van der Waals surface area contributed by atoms with E-state index in [1.165, 1.54) is 12.1 Å². The minimum absolute atomic E-state index is 0.123. The van der Waals surface area contributed by atoms with Crippen molar-refractivity contribution in [3.63, 3.8) is 0 Å². The SMILES string of the molecule is O=C(NCC(c1cccc2ccccc12)N1CCOCC1)C(=O)Nc1ccc(F)c(Cl)c1. The lowest BCUT2D eigenvalue weighted by Gasteiger charge is -2.35. The lowest BCUT2D eigenvalue weighted by Crippen LogP contribution is -2.45. The molecule has 1 heterocycles. The summed E-state index contributed by atoms with van der Waals surface area (Å²) in [6.07, 6.45) is 0. The van der Waals surface area contributed by atoms with Crippen LogP contribution in [0.1, 0.15) is 11.6 Å². The molecule has 2 amide bonds. The van der Waals surface area contributed by atoms with Crippen molar-refractivity contribution in [2.45, 2.75) is 6.04 Å². The van der Waals surface area contributed by atoms with Crippen molar-refractivity contribution in [2.24, 2.45) is 0 Å². The number of amides is 2. The molecule has 1 unspecified atom stereocenters. The lowest BCUT2D eigenvalue weighted by molar-refractivity contribution is -0.136. The van der Waals surface area contributed by atoms with Crippen molar-refractivity contribution in [1.82, 2.24) is 10.2 Å². The average molecular weight is 456 g/mol. The van der Waals surface area contributed by atoms with Gasteiger partial charge >= 0.3 is 11.8 Å². The Kier molecular flexibility index (Phi) is 6.99. The molecule has 1 fully saturated rings. The van der Waals surface area contributed by atoms with Gasteiger partial charge in [-0.3, -0.25) is 14.5 Å². The average Bonchev–Trinajstić information content (AvgIpc) is 2.82. The summed E-state index contributed by atoms with van der Waals surface area (Å²) in [6, 6.07) is 17.8. The molecule has 1 aliphatic rings. The van der Waals surface area contributed by atoms with Crippen molar-refractivity contribution in [2.75, 3.05) is 38.2 Å². The summed E-state index contributed by atoms with van der Waals surface area (Å²) in [4.78, 5) is 27.1. The summed E-state index contributed by atoms with van der Waals surface area (Å²) in [5.41, 5.74) is 1.33.